The van der Waals surface area contributed by atoms with Gasteiger partial charge < -0.3 is 16.0 Å². The van der Waals surface area contributed by atoms with Gasteiger partial charge in [-0.3, -0.25) is 0 Å². The zero-order chi connectivity index (χ0) is 20.4. The molecule has 0 saturated heterocycles. The molecule has 0 bridgehead atoms. The second kappa shape index (κ2) is 8.19. The van der Waals surface area contributed by atoms with Crippen molar-refractivity contribution in [1.82, 2.24) is 20.0 Å². The molecule has 0 radical (unpaired) electrons. The lowest BCUT2D eigenvalue weighted by molar-refractivity contribution is 0.167. The topological polar surface area (TPSA) is 76.2 Å². The predicted molar refractivity (Wildman–Crippen MR) is 115 cm³/mol. The van der Waals surface area contributed by atoms with Gasteiger partial charge in [0.2, 0.25) is 0 Å². The van der Waals surface area contributed by atoms with Crippen molar-refractivity contribution >= 4 is 6.03 Å². The average Bonchev–Trinajstić information content (AvgIpc) is 3.24. The Hall–Kier alpha value is -2.34. The number of carbonyl (C=O) groups excluding carboxylic acids is 1. The van der Waals surface area contributed by atoms with Crippen molar-refractivity contribution < 1.29 is 4.79 Å². The second-order valence-electron chi connectivity index (χ2n) is 9.52. The van der Waals surface area contributed by atoms with Crippen LogP contribution in [0.1, 0.15) is 50.8 Å². The zero-order valence-electron chi connectivity index (χ0n) is 17.6. The number of hydrogen-bond donors (Lipinski definition) is 2. The van der Waals surface area contributed by atoms with Gasteiger partial charge >= 0.3 is 6.03 Å². The van der Waals surface area contributed by atoms with E-state index in [-0.39, 0.29) is 11.4 Å². The first-order valence-electron chi connectivity index (χ1n) is 10.8. The van der Waals surface area contributed by atoms with Crippen LogP contribution >= 0.6 is 0 Å². The van der Waals surface area contributed by atoms with Crippen LogP contribution in [0.2, 0.25) is 0 Å². The fraction of sp³-hybridized carbons (Fsp3) is 0.565. The number of nitrogens with zero attached hydrogens (tertiary/aromatic N) is 3. The highest BCUT2D eigenvalue weighted by Crippen LogP contribution is 2.31. The third kappa shape index (κ3) is 4.64. The molecule has 1 aliphatic carbocycles. The number of amides is 2. The molecule has 1 aliphatic heterocycles. The number of nitrogens with one attached hydrogen (secondary N) is 1. The second-order valence-corrected chi connectivity index (χ2v) is 9.52. The molecule has 6 nitrogen and oxygen atoms in total. The Balaban J connectivity index is 1.45. The molecule has 29 heavy (non-hydrogen) atoms. The van der Waals surface area contributed by atoms with Crippen molar-refractivity contribution in [1.29, 1.82) is 0 Å². The Morgan fingerprint density at radius 1 is 1.28 bits per heavy atom. The maximum Gasteiger partial charge on any atom is 0.317 e. The molecule has 0 spiro atoms. The molecule has 2 unspecified atom stereocenters. The Kier molecular flexibility index (Phi) is 5.63. The van der Waals surface area contributed by atoms with Gasteiger partial charge in [-0.15, -0.1) is 0 Å². The van der Waals surface area contributed by atoms with Crippen LogP contribution in [0.4, 0.5) is 4.79 Å². The zero-order valence-corrected chi connectivity index (χ0v) is 17.6. The summed E-state index contributed by atoms with van der Waals surface area (Å²) in [7, 11) is 0. The van der Waals surface area contributed by atoms with Crippen molar-refractivity contribution in [3.05, 3.63) is 47.8 Å². The van der Waals surface area contributed by atoms with Gasteiger partial charge in [0.1, 0.15) is 0 Å². The van der Waals surface area contributed by atoms with Crippen LogP contribution in [0, 0.1) is 11.3 Å². The van der Waals surface area contributed by atoms with Crippen molar-refractivity contribution in [3.63, 3.8) is 0 Å². The van der Waals surface area contributed by atoms with E-state index in [1.54, 1.807) is 0 Å². The third-order valence-electron chi connectivity index (χ3n) is 6.28. The van der Waals surface area contributed by atoms with Gasteiger partial charge in [-0.2, -0.15) is 5.10 Å². The van der Waals surface area contributed by atoms with E-state index in [2.05, 4.69) is 36.4 Å². The first-order chi connectivity index (χ1) is 13.9. The SMILES string of the molecule is CC1(C)Cc2c(cnn2-c2ccccc2)CN(C(=O)NCCC2CCC(N)C2)C1. The number of aromatic nitrogens is 2. The highest BCUT2D eigenvalue weighted by molar-refractivity contribution is 5.74. The van der Waals surface area contributed by atoms with E-state index in [0.717, 1.165) is 50.0 Å². The van der Waals surface area contributed by atoms with E-state index in [9.17, 15) is 4.79 Å². The number of urea groups is 1. The van der Waals surface area contributed by atoms with Crippen LogP contribution in [-0.4, -0.2) is 39.8 Å². The molecule has 2 atom stereocenters. The van der Waals surface area contributed by atoms with E-state index >= 15 is 0 Å². The molecule has 3 N–H and O–H groups in total. The first kappa shape index (κ1) is 20.0. The molecular formula is C23H33N5O. The summed E-state index contributed by atoms with van der Waals surface area (Å²) < 4.78 is 2.03. The number of fused-ring (bicyclic) bond motifs is 1. The van der Waals surface area contributed by atoms with Gasteiger partial charge in [0.05, 0.1) is 18.4 Å². The average molecular weight is 396 g/mol. The van der Waals surface area contributed by atoms with E-state index in [1.807, 2.05) is 34.0 Å². The van der Waals surface area contributed by atoms with Gasteiger partial charge in [0.15, 0.2) is 0 Å². The Morgan fingerprint density at radius 3 is 2.79 bits per heavy atom. The molecule has 4 rings (SSSR count). The molecule has 1 saturated carbocycles. The first-order valence-corrected chi connectivity index (χ1v) is 10.8. The molecule has 2 aromatic rings. The van der Waals surface area contributed by atoms with Crippen LogP contribution in [0.15, 0.2) is 36.5 Å². The lowest BCUT2D eigenvalue weighted by Crippen LogP contribution is -2.44. The molecule has 156 valence electrons. The Morgan fingerprint density at radius 2 is 2.07 bits per heavy atom. The summed E-state index contributed by atoms with van der Waals surface area (Å²) in [6.45, 7) is 6.51. The molecular weight excluding hydrogens is 362 g/mol. The molecule has 2 aliphatic rings. The number of benzene rings is 1. The standard InChI is InChI=1S/C23H33N5O/c1-23(2)13-21-18(14-26-28(21)20-6-4-3-5-7-20)15-27(16-23)22(29)25-11-10-17-8-9-19(24)12-17/h3-7,14,17,19H,8-13,15-16,24H2,1-2H3,(H,25,29). The van der Waals surface area contributed by atoms with Gasteiger partial charge in [-0.05, 0) is 55.6 Å². The van der Waals surface area contributed by atoms with Crippen LogP contribution in [0.25, 0.3) is 5.69 Å². The number of para-hydroxylation sites is 1. The van der Waals surface area contributed by atoms with Crippen LogP contribution < -0.4 is 11.1 Å². The van der Waals surface area contributed by atoms with E-state index < -0.39 is 0 Å². The van der Waals surface area contributed by atoms with Crippen molar-refractivity contribution in [2.45, 2.75) is 58.5 Å². The van der Waals surface area contributed by atoms with E-state index in [1.165, 1.54) is 12.1 Å². The number of carbonyl (C=O) groups is 1. The van der Waals surface area contributed by atoms with E-state index in [4.69, 9.17) is 5.73 Å². The van der Waals surface area contributed by atoms with Crippen LogP contribution in [-0.2, 0) is 13.0 Å². The fourth-order valence-corrected chi connectivity index (χ4v) is 4.82. The van der Waals surface area contributed by atoms with Gasteiger partial charge in [0.25, 0.3) is 0 Å². The summed E-state index contributed by atoms with van der Waals surface area (Å²) in [6, 6.07) is 10.6. The minimum absolute atomic E-state index is 0.0205. The van der Waals surface area contributed by atoms with Gasteiger partial charge in [-0.25, -0.2) is 9.48 Å². The van der Waals surface area contributed by atoms with Gasteiger partial charge in [-0.1, -0.05) is 32.0 Å². The van der Waals surface area contributed by atoms with Crippen LogP contribution in [0.5, 0.6) is 0 Å². The molecule has 1 fully saturated rings. The highest BCUT2D eigenvalue weighted by atomic mass is 16.2. The minimum atomic E-state index is -0.0205. The van der Waals surface area contributed by atoms with Crippen molar-refractivity contribution in [3.8, 4) is 5.69 Å². The number of rotatable bonds is 4. The summed E-state index contributed by atoms with van der Waals surface area (Å²) in [6.07, 6.45) is 7.23. The number of hydrogen-bond acceptors (Lipinski definition) is 3. The molecule has 1 aromatic heterocycles. The monoisotopic (exact) mass is 395 g/mol. The van der Waals surface area contributed by atoms with Crippen molar-refractivity contribution in [2.75, 3.05) is 13.1 Å². The smallest absolute Gasteiger partial charge is 0.317 e. The van der Waals surface area contributed by atoms with Gasteiger partial charge in [0, 0.05) is 30.4 Å². The summed E-state index contributed by atoms with van der Waals surface area (Å²) in [5.41, 5.74) is 9.39. The summed E-state index contributed by atoms with van der Waals surface area (Å²) in [5.74, 6) is 0.654. The third-order valence-corrected chi connectivity index (χ3v) is 6.28. The molecule has 2 heterocycles. The van der Waals surface area contributed by atoms with Crippen molar-refractivity contribution in [2.24, 2.45) is 17.1 Å². The lowest BCUT2D eigenvalue weighted by Gasteiger charge is -2.30. The molecule has 2 amide bonds. The normalized spacial score (nSPS) is 23.5. The summed E-state index contributed by atoms with van der Waals surface area (Å²) >= 11 is 0. The Bertz CT molecular complexity index is 844. The minimum Gasteiger partial charge on any atom is -0.338 e. The maximum absolute atomic E-state index is 12.9. The fourth-order valence-electron chi connectivity index (χ4n) is 4.82. The highest BCUT2D eigenvalue weighted by Gasteiger charge is 2.32. The molecule has 1 aromatic carbocycles. The summed E-state index contributed by atoms with van der Waals surface area (Å²) in [5, 5.41) is 7.78. The quantitative estimate of drug-likeness (QED) is 0.832. The van der Waals surface area contributed by atoms with Crippen LogP contribution in [0.3, 0.4) is 0 Å². The largest absolute Gasteiger partial charge is 0.338 e. The maximum atomic E-state index is 12.9. The number of nitrogens with two attached hydrogens (primary N) is 1. The van der Waals surface area contributed by atoms with E-state index in [0.29, 0.717) is 18.5 Å². The lowest BCUT2D eigenvalue weighted by atomic mass is 9.87. The summed E-state index contributed by atoms with van der Waals surface area (Å²) in [4.78, 5) is 14.9. The molecule has 6 heteroatoms. The predicted octanol–water partition coefficient (Wildman–Crippen LogP) is 3.48. The Labute approximate surface area is 173 Å².